The van der Waals surface area contributed by atoms with Crippen LogP contribution in [0.1, 0.15) is 18.0 Å². The Hall–Kier alpha value is -1.47. The van der Waals surface area contributed by atoms with Gasteiger partial charge in [0, 0.05) is 37.8 Å². The molecule has 0 unspecified atom stereocenters. The number of nitrogens with zero attached hydrogens (tertiary/aromatic N) is 1. The maximum absolute atomic E-state index is 13.1. The maximum Gasteiger partial charge on any atom is 0.390 e. The normalized spacial score (nSPS) is 20.7. The lowest BCUT2D eigenvalue weighted by Gasteiger charge is -2.37. The van der Waals surface area contributed by atoms with Gasteiger partial charge in [-0.05, 0) is 6.07 Å². The first-order valence-electron chi connectivity index (χ1n) is 7.44. The van der Waals surface area contributed by atoms with Gasteiger partial charge in [0.05, 0.1) is 6.42 Å². The molecule has 4 nitrogen and oxygen atoms in total. The molecule has 1 atom stereocenters. The minimum atomic E-state index is -4.23. The predicted octanol–water partition coefficient (Wildman–Crippen LogP) is 2.36. The van der Waals surface area contributed by atoms with Crippen molar-refractivity contribution in [2.45, 2.75) is 18.6 Å². The molecule has 1 fully saturated rings. The van der Waals surface area contributed by atoms with Gasteiger partial charge in [-0.3, -0.25) is 4.90 Å². The lowest BCUT2D eigenvalue weighted by Crippen LogP contribution is -2.46. The largest absolute Gasteiger partial charge is 0.486 e. The molecule has 3 rings (SSSR count). The Morgan fingerprint density at radius 1 is 1.14 bits per heavy atom. The van der Waals surface area contributed by atoms with Crippen LogP contribution in [0.4, 0.5) is 13.2 Å². The number of piperazine rings is 1. The summed E-state index contributed by atoms with van der Waals surface area (Å²) in [7, 11) is 0. The first-order chi connectivity index (χ1) is 10.5. The van der Waals surface area contributed by atoms with Crippen LogP contribution in [-0.4, -0.2) is 50.5 Å². The number of alkyl halides is 3. The molecule has 0 saturated carbocycles. The number of ether oxygens (including phenoxy) is 2. The van der Waals surface area contributed by atoms with E-state index in [0.717, 1.165) is 0 Å². The van der Waals surface area contributed by atoms with E-state index in [-0.39, 0.29) is 0 Å². The fraction of sp³-hybridized carbons (Fsp3) is 0.600. The van der Waals surface area contributed by atoms with Crippen molar-refractivity contribution in [1.29, 1.82) is 0 Å². The Kier molecular flexibility index (Phi) is 4.44. The number of para-hydroxylation sites is 1. The van der Waals surface area contributed by atoms with E-state index in [1.807, 2.05) is 4.90 Å². The second kappa shape index (κ2) is 6.34. The molecular formula is C15H19F3N2O2. The van der Waals surface area contributed by atoms with Crippen molar-refractivity contribution in [3.05, 3.63) is 23.8 Å². The number of hydrogen-bond donors (Lipinski definition) is 1. The molecule has 0 amide bonds. The second-order valence-electron chi connectivity index (χ2n) is 5.49. The van der Waals surface area contributed by atoms with Crippen LogP contribution < -0.4 is 14.8 Å². The summed E-state index contributed by atoms with van der Waals surface area (Å²) in [4.78, 5) is 1.87. The molecular weight excluding hydrogens is 297 g/mol. The summed E-state index contributed by atoms with van der Waals surface area (Å²) in [5.41, 5.74) is 0.566. The zero-order valence-corrected chi connectivity index (χ0v) is 12.2. The van der Waals surface area contributed by atoms with Gasteiger partial charge in [-0.1, -0.05) is 12.1 Å². The van der Waals surface area contributed by atoms with Crippen molar-refractivity contribution in [2.24, 2.45) is 0 Å². The smallest absolute Gasteiger partial charge is 0.390 e. The third-order valence-electron chi connectivity index (χ3n) is 3.97. The molecule has 1 saturated heterocycles. The highest BCUT2D eigenvalue weighted by Crippen LogP contribution is 2.42. The van der Waals surface area contributed by atoms with E-state index in [2.05, 4.69) is 5.32 Å². The molecule has 0 radical (unpaired) electrons. The molecule has 1 N–H and O–H groups in total. The van der Waals surface area contributed by atoms with Crippen LogP contribution in [-0.2, 0) is 0 Å². The Balaban J connectivity index is 1.94. The van der Waals surface area contributed by atoms with Crippen LogP contribution in [0.15, 0.2) is 18.2 Å². The first-order valence-corrected chi connectivity index (χ1v) is 7.44. The lowest BCUT2D eigenvalue weighted by molar-refractivity contribution is -0.148. The van der Waals surface area contributed by atoms with Gasteiger partial charge in [-0.25, -0.2) is 0 Å². The summed E-state index contributed by atoms with van der Waals surface area (Å²) < 4.78 is 50.3. The molecule has 0 spiro atoms. The van der Waals surface area contributed by atoms with Gasteiger partial charge in [0.2, 0.25) is 0 Å². The number of rotatable bonds is 3. The first kappa shape index (κ1) is 15.4. The summed E-state index contributed by atoms with van der Waals surface area (Å²) >= 11 is 0. The van der Waals surface area contributed by atoms with Gasteiger partial charge in [0.15, 0.2) is 11.5 Å². The highest BCUT2D eigenvalue weighted by Gasteiger charge is 2.38. The van der Waals surface area contributed by atoms with Gasteiger partial charge in [0.25, 0.3) is 0 Å². The average molecular weight is 316 g/mol. The van der Waals surface area contributed by atoms with E-state index >= 15 is 0 Å². The molecule has 1 aromatic rings. The van der Waals surface area contributed by atoms with Crippen LogP contribution in [0.5, 0.6) is 11.5 Å². The molecule has 7 heteroatoms. The predicted molar refractivity (Wildman–Crippen MR) is 75.3 cm³/mol. The molecule has 2 aliphatic heterocycles. The molecule has 2 aliphatic rings. The summed E-state index contributed by atoms with van der Waals surface area (Å²) in [6, 6.07) is 4.44. The van der Waals surface area contributed by atoms with E-state index in [4.69, 9.17) is 9.47 Å². The van der Waals surface area contributed by atoms with E-state index in [1.54, 1.807) is 18.2 Å². The summed E-state index contributed by atoms with van der Waals surface area (Å²) in [6.45, 7) is 3.36. The van der Waals surface area contributed by atoms with E-state index in [1.165, 1.54) is 0 Å². The van der Waals surface area contributed by atoms with Crippen molar-refractivity contribution < 1.29 is 22.6 Å². The van der Waals surface area contributed by atoms with Crippen LogP contribution in [0.25, 0.3) is 0 Å². The van der Waals surface area contributed by atoms with Gasteiger partial charge in [-0.2, -0.15) is 13.2 Å². The Morgan fingerprint density at radius 3 is 2.59 bits per heavy atom. The molecule has 22 heavy (non-hydrogen) atoms. The molecule has 122 valence electrons. The number of halogens is 3. The molecule has 0 aliphatic carbocycles. The topological polar surface area (TPSA) is 33.7 Å². The van der Waals surface area contributed by atoms with E-state index in [0.29, 0.717) is 56.5 Å². The third-order valence-corrected chi connectivity index (χ3v) is 3.97. The molecule has 0 bridgehead atoms. The Morgan fingerprint density at radius 2 is 1.86 bits per heavy atom. The van der Waals surface area contributed by atoms with Gasteiger partial charge < -0.3 is 14.8 Å². The van der Waals surface area contributed by atoms with Crippen molar-refractivity contribution in [2.75, 3.05) is 39.4 Å². The molecule has 1 aromatic carbocycles. The summed E-state index contributed by atoms with van der Waals surface area (Å²) in [5, 5.41) is 3.17. The highest BCUT2D eigenvalue weighted by atomic mass is 19.4. The van der Waals surface area contributed by atoms with Crippen LogP contribution in [0, 0.1) is 0 Å². The van der Waals surface area contributed by atoms with Crippen molar-refractivity contribution >= 4 is 0 Å². The summed E-state index contributed by atoms with van der Waals surface area (Å²) in [6.07, 6.45) is -5.11. The van der Waals surface area contributed by atoms with E-state index < -0.39 is 18.6 Å². The lowest BCUT2D eigenvalue weighted by atomic mass is 9.99. The quantitative estimate of drug-likeness (QED) is 0.928. The molecule has 0 aromatic heterocycles. The zero-order chi connectivity index (χ0) is 15.6. The van der Waals surface area contributed by atoms with Gasteiger partial charge in [-0.15, -0.1) is 0 Å². The SMILES string of the molecule is FC(F)(F)C[C@@H](c1cccc2c1OCCO2)N1CCNCC1. The van der Waals surface area contributed by atoms with E-state index in [9.17, 15) is 13.2 Å². The zero-order valence-electron chi connectivity index (χ0n) is 12.2. The Bertz CT molecular complexity index is 516. The molecule has 2 heterocycles. The minimum absolute atomic E-state index is 0.365. The highest BCUT2D eigenvalue weighted by molar-refractivity contribution is 5.49. The monoisotopic (exact) mass is 316 g/mol. The van der Waals surface area contributed by atoms with Crippen molar-refractivity contribution in [3.63, 3.8) is 0 Å². The summed E-state index contributed by atoms with van der Waals surface area (Å²) in [5.74, 6) is 0.993. The fourth-order valence-corrected chi connectivity index (χ4v) is 3.01. The standard InChI is InChI=1S/C15H19F3N2O2/c16-15(17,18)10-12(20-6-4-19-5-7-20)11-2-1-3-13-14(11)22-9-8-21-13/h1-3,12,19H,4-10H2/t12-/m0/s1. The average Bonchev–Trinajstić information content (AvgIpc) is 2.52. The maximum atomic E-state index is 13.1. The minimum Gasteiger partial charge on any atom is -0.486 e. The number of fused-ring (bicyclic) bond motifs is 1. The number of benzene rings is 1. The van der Waals surface area contributed by atoms with Crippen LogP contribution in [0.2, 0.25) is 0 Å². The van der Waals surface area contributed by atoms with Crippen LogP contribution >= 0.6 is 0 Å². The van der Waals surface area contributed by atoms with Gasteiger partial charge >= 0.3 is 6.18 Å². The third kappa shape index (κ3) is 3.47. The Labute approximate surface area is 127 Å². The number of hydrogen-bond acceptors (Lipinski definition) is 4. The second-order valence-corrected chi connectivity index (χ2v) is 5.49. The number of nitrogens with one attached hydrogen (secondary N) is 1. The van der Waals surface area contributed by atoms with Crippen molar-refractivity contribution in [3.8, 4) is 11.5 Å². The van der Waals surface area contributed by atoms with Crippen molar-refractivity contribution in [1.82, 2.24) is 10.2 Å². The fourth-order valence-electron chi connectivity index (χ4n) is 3.01. The van der Waals surface area contributed by atoms with Gasteiger partial charge in [0.1, 0.15) is 13.2 Å². The van der Waals surface area contributed by atoms with Crippen LogP contribution in [0.3, 0.4) is 0 Å².